The average molecular weight is 596 g/mol. The summed E-state index contributed by atoms with van der Waals surface area (Å²) in [5.41, 5.74) is -2.18. The summed E-state index contributed by atoms with van der Waals surface area (Å²) in [5, 5.41) is 3.31. The lowest BCUT2D eigenvalue weighted by Crippen LogP contribution is -2.48. The van der Waals surface area contributed by atoms with E-state index in [1.807, 2.05) is 0 Å². The Balaban J connectivity index is 2.33. The molecule has 0 bridgehead atoms. The summed E-state index contributed by atoms with van der Waals surface area (Å²) >= 11 is 0. The minimum atomic E-state index is -1.84. The molecule has 0 radical (unpaired) electrons. The summed E-state index contributed by atoms with van der Waals surface area (Å²) in [7, 11) is 0. The number of ether oxygens (including phenoxy) is 4. The van der Waals surface area contributed by atoms with Crippen molar-refractivity contribution >= 4 is 46.1 Å². The average Bonchev–Trinajstić information content (AvgIpc) is 3.11. The second-order valence-corrected chi connectivity index (χ2v) is 10.0. The van der Waals surface area contributed by atoms with Crippen molar-refractivity contribution in [3.63, 3.8) is 0 Å². The highest BCUT2D eigenvalue weighted by Crippen LogP contribution is 2.33. The Hall–Kier alpha value is -4.41. The molecule has 0 amide bonds. The summed E-state index contributed by atoms with van der Waals surface area (Å²) < 4.78 is 27.7. The van der Waals surface area contributed by atoms with Gasteiger partial charge < -0.3 is 28.7 Å². The molecule has 1 unspecified atom stereocenters. The van der Waals surface area contributed by atoms with Crippen LogP contribution >= 0.6 is 0 Å². The molecule has 0 aliphatic heterocycles. The molecule has 1 aromatic heterocycles. The van der Waals surface area contributed by atoms with Gasteiger partial charge in [0.05, 0.1) is 59.4 Å². The monoisotopic (exact) mass is 595 g/mol. The van der Waals surface area contributed by atoms with E-state index in [2.05, 4.69) is 5.32 Å². The van der Waals surface area contributed by atoms with Gasteiger partial charge in [0, 0.05) is 6.04 Å². The van der Waals surface area contributed by atoms with Crippen LogP contribution in [-0.4, -0.2) is 56.3 Å². The first-order chi connectivity index (χ1) is 20.8. The van der Waals surface area contributed by atoms with Gasteiger partial charge in [-0.1, -0.05) is 31.4 Å². The zero-order valence-corrected chi connectivity index (χ0v) is 24.9. The number of benzene rings is 1. The summed E-state index contributed by atoms with van der Waals surface area (Å²) in [6.45, 7) is 5.89. The minimum absolute atomic E-state index is 0.0727. The predicted octanol–water partition coefficient (Wildman–Crippen LogP) is 2.15. The Bertz CT molecular complexity index is 1630. The lowest BCUT2D eigenvalue weighted by Gasteiger charge is -2.27. The highest BCUT2D eigenvalue weighted by atomic mass is 16.5. The second-order valence-electron chi connectivity index (χ2n) is 10.0. The molecule has 0 spiro atoms. The number of carbonyl (C=O) groups excluding carboxylic acids is 4. The number of esters is 4. The largest absolute Gasteiger partial charge is 0.465 e. The molecule has 2 aromatic rings. The van der Waals surface area contributed by atoms with E-state index in [-0.39, 0.29) is 59.8 Å². The van der Waals surface area contributed by atoms with Gasteiger partial charge >= 0.3 is 23.9 Å². The van der Waals surface area contributed by atoms with Crippen LogP contribution in [0.4, 0.5) is 0 Å². The molecular weight excluding hydrogens is 558 g/mol. The third-order valence-corrected chi connectivity index (χ3v) is 7.34. The number of para-hydroxylation sites is 1. The molecule has 2 aliphatic carbocycles. The van der Waals surface area contributed by atoms with Crippen LogP contribution in [0, 0.1) is 5.92 Å². The van der Waals surface area contributed by atoms with Gasteiger partial charge in [-0.3, -0.25) is 9.59 Å². The Labute approximate surface area is 248 Å². The third-order valence-electron chi connectivity index (χ3n) is 7.34. The van der Waals surface area contributed by atoms with E-state index in [1.165, 1.54) is 0 Å². The smallest absolute Gasteiger partial charge is 0.340 e. The normalized spacial score (nSPS) is 17.2. The number of nitrogens with one attached hydrogen (secondary N) is 1. The number of hydrogen-bond acceptors (Lipinski definition) is 11. The maximum Gasteiger partial charge on any atom is 0.340 e. The molecule has 1 atom stereocenters. The molecule has 43 heavy (non-hydrogen) atoms. The van der Waals surface area contributed by atoms with Crippen LogP contribution in [0.5, 0.6) is 0 Å². The standard InChI is InChI=1S/C32H37NO10/c1-5-39-29(35)21-22(30(36)40-6-2)24(32(38)42-8-4)28-25(27(34)19-16-12-13-17-20(19)43-28)26(23(21)31(37)41-7-3)33-18-14-10-9-11-15-18/h12-13,16-18,22,33H,5-11,14-15H2,1-4H3. The Morgan fingerprint density at radius 3 is 2.00 bits per heavy atom. The van der Waals surface area contributed by atoms with Crippen molar-refractivity contribution < 1.29 is 42.5 Å². The summed E-state index contributed by atoms with van der Waals surface area (Å²) in [4.78, 5) is 69.6. The fourth-order valence-corrected chi connectivity index (χ4v) is 5.56. The van der Waals surface area contributed by atoms with Gasteiger partial charge in [0.2, 0.25) is 5.43 Å². The van der Waals surface area contributed by atoms with Crippen molar-refractivity contribution in [3.8, 4) is 0 Å². The number of hydrogen-bond donors (Lipinski definition) is 1. The first kappa shape index (κ1) is 31.5. The molecule has 1 saturated carbocycles. The van der Waals surface area contributed by atoms with E-state index in [0.29, 0.717) is 0 Å². The van der Waals surface area contributed by atoms with Crippen LogP contribution in [0.25, 0.3) is 22.2 Å². The second kappa shape index (κ2) is 14.2. The molecule has 1 N–H and O–H groups in total. The maximum atomic E-state index is 14.3. The molecular formula is C32H37NO10. The summed E-state index contributed by atoms with van der Waals surface area (Å²) in [5.74, 6) is -5.94. The van der Waals surface area contributed by atoms with Gasteiger partial charge in [-0.15, -0.1) is 0 Å². The van der Waals surface area contributed by atoms with Crippen molar-refractivity contribution in [2.45, 2.75) is 65.8 Å². The van der Waals surface area contributed by atoms with E-state index in [4.69, 9.17) is 23.4 Å². The molecule has 2 aliphatic rings. The van der Waals surface area contributed by atoms with E-state index >= 15 is 0 Å². The van der Waals surface area contributed by atoms with Gasteiger partial charge in [0.25, 0.3) is 0 Å². The lowest BCUT2D eigenvalue weighted by molar-refractivity contribution is -0.150. The first-order valence-corrected chi connectivity index (χ1v) is 14.8. The summed E-state index contributed by atoms with van der Waals surface area (Å²) in [6, 6.07) is 6.21. The molecule has 1 fully saturated rings. The van der Waals surface area contributed by atoms with Crippen molar-refractivity contribution in [1.29, 1.82) is 0 Å². The van der Waals surface area contributed by atoms with Crippen LogP contribution in [0.15, 0.2) is 44.6 Å². The number of carbonyl (C=O) groups is 4. The van der Waals surface area contributed by atoms with E-state index < -0.39 is 51.9 Å². The van der Waals surface area contributed by atoms with Gasteiger partial charge in [0.1, 0.15) is 11.5 Å². The van der Waals surface area contributed by atoms with Gasteiger partial charge in [-0.25, -0.2) is 14.4 Å². The van der Waals surface area contributed by atoms with Crippen LogP contribution in [-0.2, 0) is 38.1 Å². The zero-order valence-electron chi connectivity index (χ0n) is 24.9. The highest BCUT2D eigenvalue weighted by molar-refractivity contribution is 6.22. The SMILES string of the molecule is CCOC(=O)C1=C(C(=O)OCC)C(C(=O)OCC)C(C(=O)OCC)=c2oc3ccccc3c(=O)c2=C1NC1CCCCC1. The van der Waals surface area contributed by atoms with Gasteiger partial charge in [0.15, 0.2) is 5.42 Å². The maximum absolute atomic E-state index is 14.3. The lowest BCUT2D eigenvalue weighted by atomic mass is 9.87. The predicted molar refractivity (Wildman–Crippen MR) is 156 cm³/mol. The molecule has 0 saturated heterocycles. The van der Waals surface area contributed by atoms with Crippen LogP contribution < -0.4 is 21.4 Å². The molecule has 4 rings (SSSR count). The van der Waals surface area contributed by atoms with E-state index in [1.54, 1.807) is 52.0 Å². The van der Waals surface area contributed by atoms with Gasteiger partial charge in [-0.05, 0) is 52.7 Å². The van der Waals surface area contributed by atoms with Gasteiger partial charge in [-0.2, -0.15) is 0 Å². The summed E-state index contributed by atoms with van der Waals surface area (Å²) in [6.07, 6.45) is 4.27. The van der Waals surface area contributed by atoms with Crippen LogP contribution in [0.2, 0.25) is 0 Å². The van der Waals surface area contributed by atoms with Crippen molar-refractivity contribution in [1.82, 2.24) is 5.32 Å². The Morgan fingerprint density at radius 1 is 0.791 bits per heavy atom. The number of rotatable bonds is 10. The molecule has 11 heteroatoms. The quantitative estimate of drug-likeness (QED) is 0.318. The van der Waals surface area contributed by atoms with Crippen LogP contribution in [0.3, 0.4) is 0 Å². The minimum Gasteiger partial charge on any atom is -0.465 e. The third kappa shape index (κ3) is 6.35. The molecule has 230 valence electrons. The molecule has 11 nitrogen and oxygen atoms in total. The van der Waals surface area contributed by atoms with Crippen LogP contribution in [0.1, 0.15) is 59.8 Å². The first-order valence-electron chi connectivity index (χ1n) is 14.8. The van der Waals surface area contributed by atoms with E-state index in [9.17, 15) is 24.0 Å². The fourth-order valence-electron chi connectivity index (χ4n) is 5.56. The highest BCUT2D eigenvalue weighted by Gasteiger charge is 2.45. The van der Waals surface area contributed by atoms with Crippen molar-refractivity contribution in [2.24, 2.45) is 5.92 Å². The fraction of sp³-hybridized carbons (Fsp3) is 0.469. The molecule has 1 aromatic carbocycles. The van der Waals surface area contributed by atoms with Crippen molar-refractivity contribution in [2.75, 3.05) is 26.4 Å². The Kier molecular flexibility index (Phi) is 10.4. The zero-order chi connectivity index (χ0) is 31.1. The topological polar surface area (TPSA) is 147 Å². The van der Waals surface area contributed by atoms with Crippen molar-refractivity contribution in [3.05, 3.63) is 56.3 Å². The number of fused-ring (bicyclic) bond motifs is 2. The Morgan fingerprint density at radius 2 is 1.37 bits per heavy atom. The van der Waals surface area contributed by atoms with E-state index in [0.717, 1.165) is 32.1 Å². The molecule has 1 heterocycles.